The molecule has 2 fully saturated rings. The predicted octanol–water partition coefficient (Wildman–Crippen LogP) is 4.12. The lowest BCUT2D eigenvalue weighted by Gasteiger charge is -2.32. The summed E-state index contributed by atoms with van der Waals surface area (Å²) < 4.78 is 40.4. The molecule has 0 bridgehead atoms. The number of ketones is 1. The minimum atomic E-state index is -4.72. The molecular formula is C21H23F3N4O2. The van der Waals surface area contributed by atoms with Gasteiger partial charge in [0.25, 0.3) is 0 Å². The van der Waals surface area contributed by atoms with Gasteiger partial charge in [0, 0.05) is 32.9 Å². The van der Waals surface area contributed by atoms with Gasteiger partial charge in [-0.25, -0.2) is 4.79 Å². The molecule has 3 rings (SSSR count). The summed E-state index contributed by atoms with van der Waals surface area (Å²) in [7, 11) is 3.46. The van der Waals surface area contributed by atoms with Gasteiger partial charge in [0.15, 0.2) is 5.78 Å². The molecule has 2 aliphatic rings. The molecule has 2 atom stereocenters. The fourth-order valence-electron chi connectivity index (χ4n) is 4.26. The number of anilines is 1. The summed E-state index contributed by atoms with van der Waals surface area (Å²) in [5, 5.41) is 9.05. The Hall–Kier alpha value is -3.02. The molecule has 2 unspecified atom stereocenters. The van der Waals surface area contributed by atoms with Crippen molar-refractivity contribution in [3.63, 3.8) is 0 Å². The minimum absolute atomic E-state index is 0.0819. The number of alkyl halides is 3. The second-order valence-corrected chi connectivity index (χ2v) is 7.82. The molecular weight excluding hydrogens is 397 g/mol. The van der Waals surface area contributed by atoms with Gasteiger partial charge in [-0.15, -0.1) is 0 Å². The number of benzene rings is 1. The zero-order valence-electron chi connectivity index (χ0n) is 17.0. The Morgan fingerprint density at radius 3 is 2.40 bits per heavy atom. The lowest BCUT2D eigenvalue weighted by molar-refractivity contribution is -0.137. The van der Waals surface area contributed by atoms with Gasteiger partial charge in [-0.3, -0.25) is 14.6 Å². The predicted molar refractivity (Wildman–Crippen MR) is 104 cm³/mol. The van der Waals surface area contributed by atoms with E-state index in [0.717, 1.165) is 25.0 Å². The third-order valence-corrected chi connectivity index (χ3v) is 5.48. The Morgan fingerprint density at radius 1 is 1.23 bits per heavy atom. The van der Waals surface area contributed by atoms with Gasteiger partial charge in [0.2, 0.25) is 0 Å². The van der Waals surface area contributed by atoms with Crippen LogP contribution < -0.4 is 4.90 Å². The molecule has 1 saturated carbocycles. The van der Waals surface area contributed by atoms with Gasteiger partial charge < -0.3 is 4.90 Å². The van der Waals surface area contributed by atoms with Crippen molar-refractivity contribution in [2.45, 2.75) is 50.9 Å². The summed E-state index contributed by atoms with van der Waals surface area (Å²) in [5.41, 5.74) is -1.27. The standard InChI is InChI=1S/C21H23F3N4O2/c1-13(29)19(12-26(2)3)28-18-7-5-4-6-17(18)27(20(28)30)15-9-8-14(11-25)16(10-15)21(22,23)24/h8-10,12,17-18H,4-7H2,1-3H3/b19-12-. The van der Waals surface area contributed by atoms with Crippen molar-refractivity contribution >= 4 is 17.5 Å². The van der Waals surface area contributed by atoms with Crippen LogP contribution >= 0.6 is 0 Å². The van der Waals surface area contributed by atoms with Crippen molar-refractivity contribution in [2.75, 3.05) is 19.0 Å². The number of nitriles is 1. The molecule has 6 nitrogen and oxygen atoms in total. The highest BCUT2D eigenvalue weighted by atomic mass is 19.4. The number of carbonyl (C=O) groups is 2. The van der Waals surface area contributed by atoms with E-state index >= 15 is 0 Å². The number of nitrogens with zero attached hydrogens (tertiary/aromatic N) is 4. The van der Waals surface area contributed by atoms with E-state index < -0.39 is 23.3 Å². The van der Waals surface area contributed by atoms with Crippen LogP contribution in [0.15, 0.2) is 30.1 Å². The molecule has 9 heteroatoms. The van der Waals surface area contributed by atoms with E-state index in [2.05, 4.69) is 0 Å². The Kier molecular flexibility index (Phi) is 5.79. The van der Waals surface area contributed by atoms with Crippen LogP contribution in [0.3, 0.4) is 0 Å². The summed E-state index contributed by atoms with van der Waals surface area (Å²) >= 11 is 0. The lowest BCUT2D eigenvalue weighted by Crippen LogP contribution is -2.40. The first-order valence-corrected chi connectivity index (χ1v) is 9.69. The third-order valence-electron chi connectivity index (χ3n) is 5.48. The van der Waals surface area contributed by atoms with Gasteiger partial charge in [-0.2, -0.15) is 18.4 Å². The maximum Gasteiger partial charge on any atom is 0.417 e. The van der Waals surface area contributed by atoms with Crippen LogP contribution in [0.5, 0.6) is 0 Å². The zero-order chi connectivity index (χ0) is 22.2. The summed E-state index contributed by atoms with van der Waals surface area (Å²) in [6.45, 7) is 1.37. The second-order valence-electron chi connectivity index (χ2n) is 7.82. The van der Waals surface area contributed by atoms with E-state index in [-0.39, 0.29) is 29.3 Å². The molecule has 30 heavy (non-hydrogen) atoms. The number of urea groups is 1. The van der Waals surface area contributed by atoms with E-state index in [1.165, 1.54) is 22.8 Å². The van der Waals surface area contributed by atoms with Gasteiger partial charge in [0.1, 0.15) is 5.70 Å². The molecule has 160 valence electrons. The maximum absolute atomic E-state index is 13.5. The number of carbonyl (C=O) groups excluding carboxylic acids is 2. The molecule has 0 radical (unpaired) electrons. The Bertz CT molecular complexity index is 933. The van der Waals surface area contributed by atoms with Crippen LogP contribution in [-0.4, -0.2) is 47.8 Å². The summed E-state index contributed by atoms with van der Waals surface area (Å²) in [6, 6.07) is 3.71. The molecule has 1 aliphatic carbocycles. The molecule has 0 N–H and O–H groups in total. The van der Waals surface area contributed by atoms with Gasteiger partial charge in [0.05, 0.1) is 29.3 Å². The van der Waals surface area contributed by atoms with Crippen LogP contribution in [0.1, 0.15) is 43.7 Å². The average molecular weight is 420 g/mol. The van der Waals surface area contributed by atoms with Crippen LogP contribution in [0.2, 0.25) is 0 Å². The highest BCUT2D eigenvalue weighted by molar-refractivity contribution is 6.03. The van der Waals surface area contributed by atoms with Crippen LogP contribution in [0, 0.1) is 11.3 Å². The first-order valence-electron chi connectivity index (χ1n) is 9.69. The van der Waals surface area contributed by atoms with Gasteiger partial charge >= 0.3 is 12.2 Å². The highest BCUT2D eigenvalue weighted by Gasteiger charge is 2.49. The number of rotatable bonds is 4. The number of hydrogen-bond donors (Lipinski definition) is 0. The zero-order valence-corrected chi connectivity index (χ0v) is 17.0. The van der Waals surface area contributed by atoms with Gasteiger partial charge in [-0.1, -0.05) is 12.8 Å². The van der Waals surface area contributed by atoms with Crippen molar-refractivity contribution in [1.82, 2.24) is 9.80 Å². The summed E-state index contributed by atoms with van der Waals surface area (Å²) in [4.78, 5) is 30.2. The molecule has 2 amide bonds. The van der Waals surface area contributed by atoms with E-state index in [1.807, 2.05) is 0 Å². The molecule has 1 saturated heterocycles. The fourth-order valence-corrected chi connectivity index (χ4v) is 4.26. The topological polar surface area (TPSA) is 67.7 Å². The Morgan fingerprint density at radius 2 is 1.87 bits per heavy atom. The summed E-state index contributed by atoms with van der Waals surface area (Å²) in [6.07, 6.45) is -0.157. The maximum atomic E-state index is 13.5. The molecule has 0 aromatic heterocycles. The van der Waals surface area contributed by atoms with Crippen molar-refractivity contribution in [3.8, 4) is 6.07 Å². The Balaban J connectivity index is 2.11. The summed E-state index contributed by atoms with van der Waals surface area (Å²) in [5.74, 6) is -0.293. The first-order chi connectivity index (χ1) is 14.1. The van der Waals surface area contributed by atoms with Crippen LogP contribution in [-0.2, 0) is 11.0 Å². The number of halogens is 3. The first kappa shape index (κ1) is 21.7. The quantitative estimate of drug-likeness (QED) is 0.687. The van der Waals surface area contributed by atoms with E-state index in [0.29, 0.717) is 12.8 Å². The van der Waals surface area contributed by atoms with Crippen molar-refractivity contribution in [3.05, 3.63) is 41.2 Å². The van der Waals surface area contributed by atoms with E-state index in [4.69, 9.17) is 5.26 Å². The van der Waals surface area contributed by atoms with Crippen LogP contribution in [0.4, 0.5) is 23.7 Å². The van der Waals surface area contributed by atoms with Crippen molar-refractivity contribution in [1.29, 1.82) is 5.26 Å². The number of allylic oxidation sites excluding steroid dienone is 1. The second kappa shape index (κ2) is 8.01. The van der Waals surface area contributed by atoms with Crippen LogP contribution in [0.25, 0.3) is 0 Å². The van der Waals surface area contributed by atoms with Crippen molar-refractivity contribution < 1.29 is 22.8 Å². The molecule has 1 aromatic rings. The fraction of sp³-hybridized carbons (Fsp3) is 0.476. The largest absolute Gasteiger partial charge is 0.417 e. The lowest BCUT2D eigenvalue weighted by atomic mass is 9.89. The number of Topliss-reactive ketones (excluding diaryl/α,β-unsaturated/α-hetero) is 1. The highest BCUT2D eigenvalue weighted by Crippen LogP contribution is 2.41. The number of amides is 2. The van der Waals surface area contributed by atoms with Gasteiger partial charge in [-0.05, 0) is 31.0 Å². The smallest absolute Gasteiger partial charge is 0.382 e. The molecule has 1 aromatic carbocycles. The van der Waals surface area contributed by atoms with E-state index in [1.54, 1.807) is 31.3 Å². The molecule has 0 spiro atoms. The van der Waals surface area contributed by atoms with E-state index in [9.17, 15) is 22.8 Å². The number of fused-ring (bicyclic) bond motifs is 1. The average Bonchev–Trinajstić information content (AvgIpc) is 2.96. The molecule has 1 aliphatic heterocycles. The Labute approximate surface area is 173 Å². The number of hydrogen-bond acceptors (Lipinski definition) is 4. The SMILES string of the molecule is CC(=O)/C(=C/N(C)C)N1C(=O)N(c2ccc(C#N)c(C(F)(F)F)c2)C2CCCCC21. The monoisotopic (exact) mass is 420 g/mol. The third kappa shape index (κ3) is 3.86. The minimum Gasteiger partial charge on any atom is -0.382 e. The normalized spacial score (nSPS) is 22.0. The molecule has 1 heterocycles. The van der Waals surface area contributed by atoms with Crippen molar-refractivity contribution in [2.24, 2.45) is 0 Å².